The van der Waals surface area contributed by atoms with Gasteiger partial charge in [0.25, 0.3) is 5.91 Å². The molecule has 1 N–H and O–H groups in total. The van der Waals surface area contributed by atoms with Crippen LogP contribution in [-0.4, -0.2) is 35.1 Å². The summed E-state index contributed by atoms with van der Waals surface area (Å²) in [5.41, 5.74) is 1.54. The van der Waals surface area contributed by atoms with Gasteiger partial charge in [0.1, 0.15) is 17.6 Å². The first-order chi connectivity index (χ1) is 16.0. The number of hydrogen-bond acceptors (Lipinski definition) is 3. The van der Waals surface area contributed by atoms with Crippen molar-refractivity contribution in [1.29, 1.82) is 0 Å². The minimum atomic E-state index is -0.849. The Morgan fingerprint density at radius 2 is 1.79 bits per heavy atom. The molecule has 3 aliphatic rings. The molecule has 6 heteroatoms. The van der Waals surface area contributed by atoms with Crippen LogP contribution in [0.15, 0.2) is 48.5 Å². The van der Waals surface area contributed by atoms with E-state index in [2.05, 4.69) is 24.4 Å². The van der Waals surface area contributed by atoms with Crippen LogP contribution in [0.1, 0.15) is 73.0 Å². The lowest BCUT2D eigenvalue weighted by atomic mass is 9.83. The number of fused-ring (bicyclic) bond motifs is 1. The number of nitrogens with one attached hydrogen (secondary N) is 1. The van der Waals surface area contributed by atoms with E-state index in [0.717, 1.165) is 37.7 Å². The molecule has 1 heterocycles. The van der Waals surface area contributed by atoms with Crippen molar-refractivity contribution in [3.8, 4) is 0 Å². The first-order valence-electron chi connectivity index (χ1n) is 12.1. The van der Waals surface area contributed by atoms with Crippen molar-refractivity contribution in [1.82, 2.24) is 10.2 Å². The summed E-state index contributed by atoms with van der Waals surface area (Å²) in [4.78, 5) is 28.8. The zero-order chi connectivity index (χ0) is 23.0. The Hall–Kier alpha value is -2.73. The van der Waals surface area contributed by atoms with Crippen LogP contribution in [0.2, 0.25) is 0 Å². The Labute approximate surface area is 194 Å². The van der Waals surface area contributed by atoms with E-state index < -0.39 is 23.5 Å². The van der Waals surface area contributed by atoms with Gasteiger partial charge in [0.2, 0.25) is 5.91 Å². The van der Waals surface area contributed by atoms with Gasteiger partial charge in [0.15, 0.2) is 0 Å². The summed E-state index contributed by atoms with van der Waals surface area (Å²) in [5.74, 6) is -0.730. The zero-order valence-electron chi connectivity index (χ0n) is 19.1. The number of carbonyl (C=O) groups excluding carboxylic acids is 2. The van der Waals surface area contributed by atoms with Gasteiger partial charge < -0.3 is 10.1 Å². The SMILES string of the molecule is CC1CCC2(CC1)OCC(C(=O)NC1CCCc3ccccc31)N2C(=O)c1ccccc1F. The van der Waals surface area contributed by atoms with E-state index in [4.69, 9.17) is 4.74 Å². The molecule has 0 radical (unpaired) electrons. The molecule has 2 aromatic carbocycles. The molecule has 2 aromatic rings. The standard InChI is InChI=1S/C27H31FN2O3/c1-18-13-15-27(16-14-18)30(26(32)21-10-4-5-11-22(21)28)24(17-33-27)25(31)29-23-12-6-8-19-7-2-3-9-20(19)23/h2-5,7,9-11,18,23-24H,6,8,12-17H2,1H3,(H,29,31). The van der Waals surface area contributed by atoms with Crippen LogP contribution < -0.4 is 5.32 Å². The van der Waals surface area contributed by atoms with Gasteiger partial charge in [-0.15, -0.1) is 0 Å². The summed E-state index contributed by atoms with van der Waals surface area (Å²) >= 11 is 0. The normalized spacial score (nSPS) is 29.0. The smallest absolute Gasteiger partial charge is 0.259 e. The molecule has 2 aliphatic carbocycles. The van der Waals surface area contributed by atoms with E-state index in [1.165, 1.54) is 17.7 Å². The molecule has 1 aliphatic heterocycles. The predicted molar refractivity (Wildman–Crippen MR) is 123 cm³/mol. The van der Waals surface area contributed by atoms with Gasteiger partial charge in [0, 0.05) is 0 Å². The van der Waals surface area contributed by atoms with Crippen molar-refractivity contribution < 1.29 is 18.7 Å². The minimum absolute atomic E-state index is 0.0122. The molecule has 2 unspecified atom stereocenters. The lowest BCUT2D eigenvalue weighted by Gasteiger charge is -2.43. The van der Waals surface area contributed by atoms with E-state index in [9.17, 15) is 14.0 Å². The molecule has 2 amide bonds. The second kappa shape index (κ2) is 8.90. The Balaban J connectivity index is 1.44. The molecule has 2 fully saturated rings. The number of hydrogen-bond donors (Lipinski definition) is 1. The van der Waals surface area contributed by atoms with Gasteiger partial charge in [0.05, 0.1) is 18.2 Å². The van der Waals surface area contributed by atoms with E-state index in [-0.39, 0.29) is 24.1 Å². The fourth-order valence-electron chi connectivity index (χ4n) is 5.72. The molecule has 0 bridgehead atoms. The van der Waals surface area contributed by atoms with Crippen LogP contribution in [0, 0.1) is 11.7 Å². The van der Waals surface area contributed by atoms with Crippen molar-refractivity contribution in [2.24, 2.45) is 5.92 Å². The van der Waals surface area contributed by atoms with Crippen molar-refractivity contribution >= 4 is 11.8 Å². The highest BCUT2D eigenvalue weighted by molar-refractivity contribution is 5.98. The first kappa shape index (κ1) is 22.1. The number of benzene rings is 2. The van der Waals surface area contributed by atoms with E-state index in [0.29, 0.717) is 18.8 Å². The Kier molecular flexibility index (Phi) is 5.95. The molecule has 1 saturated heterocycles. The molecule has 5 rings (SSSR count). The highest BCUT2D eigenvalue weighted by Gasteiger charge is 2.54. The van der Waals surface area contributed by atoms with Crippen LogP contribution in [0.25, 0.3) is 0 Å². The number of carbonyl (C=O) groups is 2. The Morgan fingerprint density at radius 1 is 1.06 bits per heavy atom. The first-order valence-corrected chi connectivity index (χ1v) is 12.1. The molecule has 1 spiro atoms. The van der Waals surface area contributed by atoms with Gasteiger partial charge in [-0.25, -0.2) is 4.39 Å². The van der Waals surface area contributed by atoms with Crippen LogP contribution in [-0.2, 0) is 16.0 Å². The van der Waals surface area contributed by atoms with E-state index >= 15 is 0 Å². The number of ether oxygens (including phenoxy) is 1. The minimum Gasteiger partial charge on any atom is -0.353 e. The molecule has 2 atom stereocenters. The van der Waals surface area contributed by atoms with Crippen molar-refractivity contribution in [2.45, 2.75) is 69.7 Å². The van der Waals surface area contributed by atoms with Crippen molar-refractivity contribution in [3.05, 3.63) is 71.0 Å². The van der Waals surface area contributed by atoms with E-state index in [1.54, 1.807) is 17.0 Å². The molecule has 33 heavy (non-hydrogen) atoms. The number of nitrogens with zero attached hydrogens (tertiary/aromatic N) is 1. The van der Waals surface area contributed by atoms with Gasteiger partial charge in [-0.1, -0.05) is 43.3 Å². The summed E-state index contributed by atoms with van der Waals surface area (Å²) in [7, 11) is 0. The number of aryl methyl sites for hydroxylation is 1. The maximum absolute atomic E-state index is 14.6. The topological polar surface area (TPSA) is 58.6 Å². The van der Waals surface area contributed by atoms with Crippen molar-refractivity contribution in [3.63, 3.8) is 0 Å². The third-order valence-corrected chi connectivity index (χ3v) is 7.63. The fraction of sp³-hybridized carbons (Fsp3) is 0.481. The molecule has 1 saturated carbocycles. The monoisotopic (exact) mass is 450 g/mol. The highest BCUT2D eigenvalue weighted by atomic mass is 19.1. The second-order valence-electron chi connectivity index (χ2n) is 9.76. The molecule has 174 valence electrons. The largest absolute Gasteiger partial charge is 0.353 e. The summed E-state index contributed by atoms with van der Waals surface area (Å²) < 4.78 is 20.8. The van der Waals surface area contributed by atoms with Gasteiger partial charge in [-0.3, -0.25) is 14.5 Å². The van der Waals surface area contributed by atoms with Crippen LogP contribution in [0.5, 0.6) is 0 Å². The second-order valence-corrected chi connectivity index (χ2v) is 9.76. The van der Waals surface area contributed by atoms with Crippen LogP contribution in [0.3, 0.4) is 0 Å². The summed E-state index contributed by atoms with van der Waals surface area (Å²) in [6, 6.07) is 13.3. The van der Waals surface area contributed by atoms with E-state index in [1.807, 2.05) is 12.1 Å². The summed E-state index contributed by atoms with van der Waals surface area (Å²) in [6.45, 7) is 2.32. The average Bonchev–Trinajstić information content (AvgIpc) is 3.20. The number of amides is 2. The number of rotatable bonds is 3. The molecular formula is C27H31FN2O3. The Morgan fingerprint density at radius 3 is 2.58 bits per heavy atom. The summed E-state index contributed by atoms with van der Waals surface area (Å²) in [6.07, 6.45) is 6.00. The van der Waals surface area contributed by atoms with Gasteiger partial charge >= 0.3 is 0 Å². The number of halogens is 1. The maximum atomic E-state index is 14.6. The molecular weight excluding hydrogens is 419 g/mol. The van der Waals surface area contributed by atoms with Gasteiger partial charge in [-0.2, -0.15) is 0 Å². The quantitative estimate of drug-likeness (QED) is 0.733. The average molecular weight is 451 g/mol. The molecule has 0 aromatic heterocycles. The van der Waals surface area contributed by atoms with Crippen LogP contribution >= 0.6 is 0 Å². The Bertz CT molecular complexity index is 1050. The van der Waals surface area contributed by atoms with Crippen LogP contribution in [0.4, 0.5) is 4.39 Å². The van der Waals surface area contributed by atoms with Crippen molar-refractivity contribution in [2.75, 3.05) is 6.61 Å². The zero-order valence-corrected chi connectivity index (χ0v) is 19.1. The highest BCUT2D eigenvalue weighted by Crippen LogP contribution is 2.43. The predicted octanol–water partition coefficient (Wildman–Crippen LogP) is 4.77. The maximum Gasteiger partial charge on any atom is 0.259 e. The molecule has 5 nitrogen and oxygen atoms in total. The fourth-order valence-corrected chi connectivity index (χ4v) is 5.72. The summed E-state index contributed by atoms with van der Waals surface area (Å²) in [5, 5.41) is 3.19. The third kappa shape index (κ3) is 4.05. The van der Waals surface area contributed by atoms with Gasteiger partial charge in [-0.05, 0) is 74.1 Å². The third-order valence-electron chi connectivity index (χ3n) is 7.63. The lowest BCUT2D eigenvalue weighted by molar-refractivity contribution is -0.128. The lowest BCUT2D eigenvalue weighted by Crippen LogP contribution is -2.57.